The Morgan fingerprint density at radius 2 is 1.53 bits per heavy atom. The first-order chi connectivity index (χ1) is 21.9. The van der Waals surface area contributed by atoms with Gasteiger partial charge in [-0.05, 0) is 59.5 Å². The molecule has 0 amide bonds. The van der Waals surface area contributed by atoms with E-state index >= 15 is 0 Å². The first-order valence-corrected chi connectivity index (χ1v) is 14.9. The van der Waals surface area contributed by atoms with Crippen molar-refractivity contribution < 1.29 is 19.2 Å². The molecule has 0 fully saturated rings. The van der Waals surface area contributed by atoms with Gasteiger partial charge in [-0.2, -0.15) is 0 Å². The second-order valence-corrected chi connectivity index (χ2v) is 11.3. The van der Waals surface area contributed by atoms with Gasteiger partial charge in [0.05, 0.1) is 26.8 Å². The largest absolute Gasteiger partial charge is 0.489 e. The van der Waals surface area contributed by atoms with Crippen LogP contribution in [0.25, 0.3) is 6.08 Å². The second kappa shape index (κ2) is 12.9. The number of hydrogen-bond acceptors (Lipinski definition) is 8. The van der Waals surface area contributed by atoms with Gasteiger partial charge in [-0.25, -0.2) is 9.79 Å². The molecule has 0 radical (unpaired) electrons. The fraction of sp³-hybridized carbons (Fsp3) is 0.114. The SMILES string of the molecule is CC1=C(C(=O)OCc2ccccc2)C(c2ccc(OCc3ccccc3)cc2)n2c(s/c(=C\c3ccc([N+](=O)[O-])cc3)c2=O)=N1. The van der Waals surface area contributed by atoms with Gasteiger partial charge in [0.15, 0.2) is 4.80 Å². The first kappa shape index (κ1) is 29.5. The molecule has 1 aliphatic heterocycles. The standard InChI is InChI=1S/C35H27N3O6S/c1-23-31(34(40)44-22-26-10-6-3-7-11-26)32(27-14-18-29(19-15-27)43-21-25-8-4-2-5-9-25)37-33(39)30(45-35(37)36-23)20-24-12-16-28(17-13-24)38(41)42/h2-20,32H,21-22H2,1H3/b30-20-. The molecule has 6 rings (SSSR count). The summed E-state index contributed by atoms with van der Waals surface area (Å²) < 4.78 is 13.6. The Hall–Kier alpha value is -5.61. The third kappa shape index (κ3) is 6.51. The summed E-state index contributed by atoms with van der Waals surface area (Å²) in [5.41, 5.74) is 3.51. The zero-order valence-corrected chi connectivity index (χ0v) is 25.0. The minimum atomic E-state index is -0.799. The maximum Gasteiger partial charge on any atom is 0.338 e. The van der Waals surface area contributed by atoms with E-state index in [0.29, 0.717) is 38.5 Å². The molecule has 10 heteroatoms. The van der Waals surface area contributed by atoms with Crippen molar-refractivity contribution in [1.82, 2.24) is 4.57 Å². The minimum absolute atomic E-state index is 0.0425. The maximum absolute atomic E-state index is 13.9. The highest BCUT2D eigenvalue weighted by Crippen LogP contribution is 2.32. The second-order valence-electron chi connectivity index (χ2n) is 10.3. The summed E-state index contributed by atoms with van der Waals surface area (Å²) >= 11 is 1.19. The van der Waals surface area contributed by atoms with Crippen LogP contribution in [-0.2, 0) is 22.7 Å². The summed E-state index contributed by atoms with van der Waals surface area (Å²) in [6.45, 7) is 2.20. The third-order valence-electron chi connectivity index (χ3n) is 7.30. The van der Waals surface area contributed by atoms with Crippen LogP contribution in [0.2, 0.25) is 0 Å². The van der Waals surface area contributed by atoms with Gasteiger partial charge < -0.3 is 9.47 Å². The van der Waals surface area contributed by atoms with Crippen LogP contribution in [0.3, 0.4) is 0 Å². The number of allylic oxidation sites excluding steroid dienone is 1. The number of nitrogens with zero attached hydrogens (tertiary/aromatic N) is 3. The number of nitro groups is 1. The number of aromatic nitrogens is 1. The lowest BCUT2D eigenvalue weighted by atomic mass is 9.96. The Bertz CT molecular complexity index is 2070. The van der Waals surface area contributed by atoms with Crippen molar-refractivity contribution in [3.8, 4) is 5.75 Å². The van der Waals surface area contributed by atoms with E-state index in [1.807, 2.05) is 84.9 Å². The fourth-order valence-electron chi connectivity index (χ4n) is 5.03. The molecular weight excluding hydrogens is 590 g/mol. The molecule has 0 N–H and O–H groups in total. The van der Waals surface area contributed by atoms with Gasteiger partial charge in [0.1, 0.15) is 19.0 Å². The van der Waals surface area contributed by atoms with Crippen LogP contribution in [0.1, 0.15) is 35.2 Å². The Kier molecular flexibility index (Phi) is 8.47. The number of thiazole rings is 1. The highest BCUT2D eigenvalue weighted by molar-refractivity contribution is 7.07. The van der Waals surface area contributed by atoms with E-state index in [-0.39, 0.29) is 23.4 Å². The summed E-state index contributed by atoms with van der Waals surface area (Å²) in [7, 11) is 0. The van der Waals surface area contributed by atoms with Crippen molar-refractivity contribution >= 4 is 29.1 Å². The van der Waals surface area contributed by atoms with Gasteiger partial charge in [0, 0.05) is 12.1 Å². The van der Waals surface area contributed by atoms with E-state index in [2.05, 4.69) is 4.99 Å². The molecule has 4 aromatic carbocycles. The normalized spacial score (nSPS) is 14.4. The zero-order valence-electron chi connectivity index (χ0n) is 24.2. The van der Waals surface area contributed by atoms with Crippen LogP contribution in [0.4, 0.5) is 5.69 Å². The number of carbonyl (C=O) groups excluding carboxylic acids is 1. The van der Waals surface area contributed by atoms with Crippen LogP contribution in [0.15, 0.2) is 130 Å². The number of fused-ring (bicyclic) bond motifs is 1. The molecule has 0 saturated heterocycles. The number of hydrogen-bond donors (Lipinski definition) is 0. The zero-order chi connectivity index (χ0) is 31.3. The van der Waals surface area contributed by atoms with Gasteiger partial charge in [-0.1, -0.05) is 84.1 Å². The minimum Gasteiger partial charge on any atom is -0.489 e. The molecule has 1 aliphatic rings. The van der Waals surface area contributed by atoms with Crippen molar-refractivity contribution in [1.29, 1.82) is 0 Å². The maximum atomic E-state index is 13.9. The van der Waals surface area contributed by atoms with Crippen LogP contribution < -0.4 is 19.6 Å². The lowest BCUT2D eigenvalue weighted by Gasteiger charge is -2.25. The molecule has 1 aromatic heterocycles. The van der Waals surface area contributed by atoms with Gasteiger partial charge in [-0.15, -0.1) is 0 Å². The Balaban J connectivity index is 1.37. The van der Waals surface area contributed by atoms with Crippen molar-refractivity contribution in [2.45, 2.75) is 26.2 Å². The predicted octanol–water partition coefficient (Wildman–Crippen LogP) is 5.47. The van der Waals surface area contributed by atoms with E-state index < -0.39 is 16.9 Å². The molecule has 1 atom stereocenters. The molecule has 45 heavy (non-hydrogen) atoms. The first-order valence-electron chi connectivity index (χ1n) is 14.1. The van der Waals surface area contributed by atoms with Crippen molar-refractivity contribution in [2.24, 2.45) is 4.99 Å². The number of nitro benzene ring substituents is 1. The third-order valence-corrected chi connectivity index (χ3v) is 8.28. The van der Waals surface area contributed by atoms with Gasteiger partial charge in [0.25, 0.3) is 11.2 Å². The van der Waals surface area contributed by atoms with Crippen molar-refractivity contribution in [3.63, 3.8) is 0 Å². The molecule has 224 valence electrons. The Morgan fingerprint density at radius 1 is 0.911 bits per heavy atom. The quantitative estimate of drug-likeness (QED) is 0.123. The molecule has 0 aliphatic carbocycles. The molecular formula is C35H27N3O6S. The summed E-state index contributed by atoms with van der Waals surface area (Å²) in [6, 6.07) is 31.6. The van der Waals surface area contributed by atoms with Crippen LogP contribution in [-0.4, -0.2) is 15.5 Å². The van der Waals surface area contributed by atoms with E-state index in [1.54, 1.807) is 25.1 Å². The van der Waals surface area contributed by atoms with E-state index in [0.717, 1.165) is 11.1 Å². The average Bonchev–Trinajstić information content (AvgIpc) is 3.37. The topological polar surface area (TPSA) is 113 Å². The molecule has 9 nitrogen and oxygen atoms in total. The number of non-ortho nitro benzene ring substituents is 1. The average molecular weight is 618 g/mol. The van der Waals surface area contributed by atoms with E-state index in [4.69, 9.17) is 9.47 Å². The van der Waals surface area contributed by atoms with Gasteiger partial charge >= 0.3 is 5.97 Å². The summed E-state index contributed by atoms with van der Waals surface area (Å²) in [5.74, 6) is 0.0706. The number of rotatable bonds is 9. The van der Waals surface area contributed by atoms with E-state index in [9.17, 15) is 19.7 Å². The molecule has 2 heterocycles. The fourth-order valence-corrected chi connectivity index (χ4v) is 6.08. The Labute approximate surface area is 261 Å². The molecule has 0 spiro atoms. The molecule has 5 aromatic rings. The smallest absolute Gasteiger partial charge is 0.338 e. The number of benzene rings is 4. The van der Waals surface area contributed by atoms with Gasteiger partial charge in [0.2, 0.25) is 0 Å². The summed E-state index contributed by atoms with van der Waals surface area (Å²) in [6.07, 6.45) is 1.66. The predicted molar refractivity (Wildman–Crippen MR) is 170 cm³/mol. The van der Waals surface area contributed by atoms with Crippen LogP contribution in [0, 0.1) is 10.1 Å². The summed E-state index contributed by atoms with van der Waals surface area (Å²) in [5, 5.41) is 11.1. The summed E-state index contributed by atoms with van der Waals surface area (Å²) in [4.78, 5) is 43.3. The lowest BCUT2D eigenvalue weighted by Crippen LogP contribution is -2.39. The van der Waals surface area contributed by atoms with Crippen LogP contribution >= 0.6 is 11.3 Å². The van der Waals surface area contributed by atoms with E-state index in [1.165, 1.54) is 28.0 Å². The molecule has 0 bridgehead atoms. The van der Waals surface area contributed by atoms with Gasteiger partial charge in [-0.3, -0.25) is 19.5 Å². The van der Waals surface area contributed by atoms with Crippen LogP contribution in [0.5, 0.6) is 5.75 Å². The monoisotopic (exact) mass is 617 g/mol. The van der Waals surface area contributed by atoms with Crippen molar-refractivity contribution in [2.75, 3.05) is 0 Å². The number of ether oxygens (including phenoxy) is 2. The highest BCUT2D eigenvalue weighted by Gasteiger charge is 2.33. The number of carbonyl (C=O) groups is 1. The molecule has 1 unspecified atom stereocenters. The Morgan fingerprint density at radius 3 is 2.16 bits per heavy atom. The number of esters is 1. The van der Waals surface area contributed by atoms with Crippen molar-refractivity contribution in [3.05, 3.63) is 173 Å². The lowest BCUT2D eigenvalue weighted by molar-refractivity contribution is -0.384. The molecule has 0 saturated carbocycles. The highest BCUT2D eigenvalue weighted by atomic mass is 32.1.